The van der Waals surface area contributed by atoms with E-state index in [4.69, 9.17) is 0 Å². The van der Waals surface area contributed by atoms with Gasteiger partial charge >= 0.3 is 0 Å². The number of thioether (sulfide) groups is 1. The van der Waals surface area contributed by atoms with E-state index in [1.165, 1.54) is 11.8 Å². The molecule has 0 aromatic carbocycles. The Balaban J connectivity index is 2.20. The molecule has 1 fully saturated rings. The van der Waals surface area contributed by atoms with Crippen molar-refractivity contribution in [1.29, 1.82) is 0 Å². The van der Waals surface area contributed by atoms with Crippen LogP contribution >= 0.6 is 11.8 Å². The molecule has 0 spiro atoms. The molecule has 2 heterocycles. The lowest BCUT2D eigenvalue weighted by atomic mass is 10.2. The number of hydrogen-bond acceptors (Lipinski definition) is 5. The smallest absolute Gasteiger partial charge is 0.189 e. The molecule has 5 heteroatoms. The van der Waals surface area contributed by atoms with Crippen LogP contribution in [-0.2, 0) is 0 Å². The van der Waals surface area contributed by atoms with Gasteiger partial charge in [0.05, 0.1) is 12.6 Å². The molecule has 0 bridgehead atoms. The molecule has 1 aliphatic rings. The zero-order chi connectivity index (χ0) is 10.7. The molecule has 1 saturated heterocycles. The summed E-state index contributed by atoms with van der Waals surface area (Å²) in [5, 5.41) is 10.0. The zero-order valence-corrected chi connectivity index (χ0v) is 9.57. The number of aliphatic hydroxyl groups excluding tert-OH is 1. The van der Waals surface area contributed by atoms with E-state index in [0.29, 0.717) is 0 Å². The molecule has 82 valence electrons. The lowest BCUT2D eigenvalue weighted by molar-refractivity contribution is 0.266. The van der Waals surface area contributed by atoms with Crippen LogP contribution in [0.4, 0.5) is 5.82 Å². The fourth-order valence-corrected chi connectivity index (χ4v) is 2.27. The van der Waals surface area contributed by atoms with E-state index in [1.54, 1.807) is 6.20 Å². The third-order valence-corrected chi connectivity index (χ3v) is 3.25. The summed E-state index contributed by atoms with van der Waals surface area (Å²) in [4.78, 5) is 10.7. The Morgan fingerprint density at radius 3 is 3.27 bits per heavy atom. The minimum Gasteiger partial charge on any atom is -0.394 e. The van der Waals surface area contributed by atoms with E-state index in [1.807, 2.05) is 12.3 Å². The second-order valence-corrected chi connectivity index (χ2v) is 4.35. The van der Waals surface area contributed by atoms with Crippen molar-refractivity contribution >= 4 is 17.6 Å². The molecule has 1 N–H and O–H groups in total. The van der Waals surface area contributed by atoms with Crippen molar-refractivity contribution in [2.24, 2.45) is 0 Å². The summed E-state index contributed by atoms with van der Waals surface area (Å²) in [6.07, 6.45) is 5.92. The van der Waals surface area contributed by atoms with E-state index in [0.717, 1.165) is 30.4 Å². The lowest BCUT2D eigenvalue weighted by Crippen LogP contribution is -2.32. The van der Waals surface area contributed by atoms with Crippen molar-refractivity contribution in [3.8, 4) is 0 Å². The van der Waals surface area contributed by atoms with Gasteiger partial charge in [0.15, 0.2) is 5.16 Å². The monoisotopic (exact) mass is 225 g/mol. The van der Waals surface area contributed by atoms with E-state index in [-0.39, 0.29) is 12.6 Å². The van der Waals surface area contributed by atoms with Crippen LogP contribution in [0, 0.1) is 0 Å². The van der Waals surface area contributed by atoms with Gasteiger partial charge in [-0.1, -0.05) is 11.8 Å². The van der Waals surface area contributed by atoms with Crippen LogP contribution in [0.1, 0.15) is 12.8 Å². The molecule has 0 amide bonds. The number of hydrogen-bond donors (Lipinski definition) is 1. The van der Waals surface area contributed by atoms with Crippen LogP contribution < -0.4 is 4.90 Å². The van der Waals surface area contributed by atoms with Crippen LogP contribution in [0.5, 0.6) is 0 Å². The number of aromatic nitrogens is 2. The average Bonchev–Trinajstić information content (AvgIpc) is 2.77. The summed E-state index contributed by atoms with van der Waals surface area (Å²) in [6.45, 7) is 1.19. The van der Waals surface area contributed by atoms with Crippen molar-refractivity contribution in [3.05, 3.63) is 12.3 Å². The second kappa shape index (κ2) is 4.81. The Morgan fingerprint density at radius 1 is 1.67 bits per heavy atom. The van der Waals surface area contributed by atoms with E-state index >= 15 is 0 Å². The highest BCUT2D eigenvalue weighted by Crippen LogP contribution is 2.24. The predicted molar refractivity (Wildman–Crippen MR) is 61.3 cm³/mol. The Bertz CT molecular complexity index is 334. The predicted octanol–water partition coefficient (Wildman–Crippen LogP) is 1.16. The SMILES string of the molecule is CSc1nccc(N2CCC[C@H]2CO)n1. The first-order valence-corrected chi connectivity index (χ1v) is 6.32. The zero-order valence-electron chi connectivity index (χ0n) is 8.76. The minimum absolute atomic E-state index is 0.207. The van der Waals surface area contributed by atoms with Crippen LogP contribution in [0.25, 0.3) is 0 Å². The summed E-state index contributed by atoms with van der Waals surface area (Å²) in [5.74, 6) is 0.936. The highest BCUT2D eigenvalue weighted by Gasteiger charge is 2.24. The highest BCUT2D eigenvalue weighted by molar-refractivity contribution is 7.98. The lowest BCUT2D eigenvalue weighted by Gasteiger charge is -2.23. The molecule has 0 aliphatic carbocycles. The van der Waals surface area contributed by atoms with Gasteiger partial charge in [-0.15, -0.1) is 0 Å². The molecular formula is C10H15N3OS. The summed E-state index contributed by atoms with van der Waals surface area (Å²) in [7, 11) is 0. The van der Waals surface area contributed by atoms with Crippen molar-refractivity contribution in [2.45, 2.75) is 24.0 Å². The standard InChI is InChI=1S/C10H15N3OS/c1-15-10-11-5-4-9(12-10)13-6-2-3-8(13)7-14/h4-5,8,14H,2-3,6-7H2,1H3/t8-/m0/s1. The van der Waals surface area contributed by atoms with Crippen molar-refractivity contribution in [3.63, 3.8) is 0 Å². The van der Waals surface area contributed by atoms with Gasteiger partial charge in [0, 0.05) is 12.7 Å². The van der Waals surface area contributed by atoms with Crippen LogP contribution in [0.3, 0.4) is 0 Å². The second-order valence-electron chi connectivity index (χ2n) is 3.57. The molecule has 1 aromatic rings. The Labute approximate surface area is 93.7 Å². The molecule has 0 saturated carbocycles. The highest BCUT2D eigenvalue weighted by atomic mass is 32.2. The molecule has 1 aromatic heterocycles. The largest absolute Gasteiger partial charge is 0.394 e. The first-order chi connectivity index (χ1) is 7.35. The maximum atomic E-state index is 9.23. The number of anilines is 1. The number of nitrogens with zero attached hydrogens (tertiary/aromatic N) is 3. The van der Waals surface area contributed by atoms with Gasteiger partial charge < -0.3 is 10.0 Å². The van der Waals surface area contributed by atoms with Gasteiger partial charge in [-0.3, -0.25) is 0 Å². The number of aliphatic hydroxyl groups is 1. The van der Waals surface area contributed by atoms with E-state index in [9.17, 15) is 5.11 Å². The first-order valence-electron chi connectivity index (χ1n) is 5.09. The third kappa shape index (κ3) is 2.23. The van der Waals surface area contributed by atoms with Crippen LogP contribution in [0.15, 0.2) is 17.4 Å². The molecule has 2 rings (SSSR count). The third-order valence-electron chi connectivity index (χ3n) is 2.68. The van der Waals surface area contributed by atoms with Gasteiger partial charge in [0.25, 0.3) is 0 Å². The Hall–Kier alpha value is -0.810. The van der Waals surface area contributed by atoms with Gasteiger partial charge in [-0.05, 0) is 25.2 Å². The normalized spacial score (nSPS) is 20.9. The molecule has 0 unspecified atom stereocenters. The fourth-order valence-electron chi connectivity index (χ4n) is 1.92. The molecule has 1 aliphatic heterocycles. The minimum atomic E-state index is 0.207. The maximum absolute atomic E-state index is 9.23. The fraction of sp³-hybridized carbons (Fsp3) is 0.600. The number of rotatable bonds is 3. The van der Waals surface area contributed by atoms with Crippen molar-refractivity contribution in [1.82, 2.24) is 9.97 Å². The Morgan fingerprint density at radius 2 is 2.53 bits per heavy atom. The molecule has 4 nitrogen and oxygen atoms in total. The average molecular weight is 225 g/mol. The van der Waals surface area contributed by atoms with Gasteiger partial charge in [-0.25, -0.2) is 9.97 Å². The molecule has 15 heavy (non-hydrogen) atoms. The van der Waals surface area contributed by atoms with Crippen LogP contribution in [-0.4, -0.2) is 40.5 Å². The maximum Gasteiger partial charge on any atom is 0.189 e. The van der Waals surface area contributed by atoms with Gasteiger partial charge in [-0.2, -0.15) is 0 Å². The topological polar surface area (TPSA) is 49.2 Å². The summed E-state index contributed by atoms with van der Waals surface area (Å²) in [6, 6.07) is 2.14. The Kier molecular flexibility index (Phi) is 3.43. The van der Waals surface area contributed by atoms with Crippen LogP contribution in [0.2, 0.25) is 0 Å². The molecule has 0 radical (unpaired) electrons. The summed E-state index contributed by atoms with van der Waals surface area (Å²) in [5.41, 5.74) is 0. The van der Waals surface area contributed by atoms with Gasteiger partial charge in [0.1, 0.15) is 5.82 Å². The van der Waals surface area contributed by atoms with Crippen molar-refractivity contribution < 1.29 is 5.11 Å². The molecular weight excluding hydrogens is 210 g/mol. The quantitative estimate of drug-likeness (QED) is 0.618. The van der Waals surface area contributed by atoms with E-state index < -0.39 is 0 Å². The molecule has 1 atom stereocenters. The summed E-state index contributed by atoms with van der Waals surface area (Å²) >= 11 is 1.54. The first kappa shape index (κ1) is 10.7. The van der Waals surface area contributed by atoms with Gasteiger partial charge in [0.2, 0.25) is 0 Å². The summed E-state index contributed by atoms with van der Waals surface area (Å²) < 4.78 is 0. The van der Waals surface area contributed by atoms with E-state index in [2.05, 4.69) is 14.9 Å². The van der Waals surface area contributed by atoms with Crippen molar-refractivity contribution in [2.75, 3.05) is 24.3 Å².